The quantitative estimate of drug-likeness (QED) is 0.175. The summed E-state index contributed by atoms with van der Waals surface area (Å²) in [5.74, 6) is -4.78. The van der Waals surface area contributed by atoms with Gasteiger partial charge in [0.15, 0.2) is 9.84 Å². The lowest BCUT2D eigenvalue weighted by atomic mass is 10.1. The Morgan fingerprint density at radius 2 is 1.65 bits per heavy atom. The van der Waals surface area contributed by atoms with E-state index in [2.05, 4.69) is 20.3 Å². The van der Waals surface area contributed by atoms with Crippen molar-refractivity contribution in [3.63, 3.8) is 0 Å². The van der Waals surface area contributed by atoms with Crippen LogP contribution >= 0.6 is 11.3 Å². The van der Waals surface area contributed by atoms with E-state index in [1.807, 2.05) is 30.3 Å². The fourth-order valence-corrected chi connectivity index (χ4v) is 6.80. The van der Waals surface area contributed by atoms with Gasteiger partial charge >= 0.3 is 5.97 Å². The second-order valence-corrected chi connectivity index (χ2v) is 12.1. The normalized spacial score (nSPS) is 11.3. The summed E-state index contributed by atoms with van der Waals surface area (Å²) in [6, 6.07) is 17.5. The zero-order valence-electron chi connectivity index (χ0n) is 22.6. The topological polar surface area (TPSA) is 111 Å². The molecule has 0 fully saturated rings. The fraction of sp³-hybridized carbons (Fsp3) is 0.133. The van der Waals surface area contributed by atoms with Crippen molar-refractivity contribution in [2.75, 3.05) is 11.9 Å². The van der Waals surface area contributed by atoms with E-state index in [1.54, 1.807) is 13.0 Å². The van der Waals surface area contributed by atoms with Crippen LogP contribution in [0.3, 0.4) is 0 Å². The van der Waals surface area contributed by atoms with Crippen LogP contribution in [0.25, 0.3) is 21.8 Å². The molecule has 220 valence electrons. The van der Waals surface area contributed by atoms with Gasteiger partial charge in [0, 0.05) is 23.0 Å². The Hall–Kier alpha value is -4.62. The van der Waals surface area contributed by atoms with Gasteiger partial charge in [-0.15, -0.1) is 11.3 Å². The molecule has 0 amide bonds. The standard InChI is InChI=1S/C30H23F3N4O4S2/c1-2-41-25(38)16-24-37-27(28(42-24)23-14-15-34-30(36-23)35-19-9-4-3-5-10-19)20-11-6-8-18(26(20)33)17-43(39,40)29-21(31)12-7-13-22(29)32/h3-15H,2,16-17H2,1H3,(H,34,35,36). The smallest absolute Gasteiger partial charge is 0.312 e. The molecular weight excluding hydrogens is 601 g/mol. The van der Waals surface area contributed by atoms with Crippen molar-refractivity contribution in [2.45, 2.75) is 24.0 Å². The molecule has 13 heteroatoms. The SMILES string of the molecule is CCOC(=O)Cc1nc(-c2cccc(CS(=O)(=O)c3c(F)cccc3F)c2F)c(-c2ccnc(Nc3ccccc3)n2)s1. The van der Waals surface area contributed by atoms with Crippen molar-refractivity contribution in [2.24, 2.45) is 0 Å². The highest BCUT2D eigenvalue weighted by Gasteiger charge is 2.28. The number of hydrogen-bond donors (Lipinski definition) is 1. The summed E-state index contributed by atoms with van der Waals surface area (Å²) in [5, 5.41) is 3.40. The number of halogens is 3. The minimum Gasteiger partial charge on any atom is -0.466 e. The zero-order valence-corrected chi connectivity index (χ0v) is 24.2. The van der Waals surface area contributed by atoms with Crippen molar-refractivity contribution in [3.05, 3.63) is 107 Å². The molecule has 2 heterocycles. The van der Waals surface area contributed by atoms with Crippen LogP contribution in [0.5, 0.6) is 0 Å². The number of sulfone groups is 1. The maximum absolute atomic E-state index is 16.0. The summed E-state index contributed by atoms with van der Waals surface area (Å²) in [7, 11) is -4.61. The van der Waals surface area contributed by atoms with Gasteiger partial charge in [-0.1, -0.05) is 36.4 Å². The first-order valence-corrected chi connectivity index (χ1v) is 15.4. The number of carbonyl (C=O) groups is 1. The number of esters is 1. The Labute approximate surface area is 249 Å². The molecule has 0 radical (unpaired) electrons. The maximum Gasteiger partial charge on any atom is 0.312 e. The number of anilines is 2. The van der Waals surface area contributed by atoms with E-state index in [4.69, 9.17) is 4.74 Å². The fourth-order valence-electron chi connectivity index (χ4n) is 4.26. The maximum atomic E-state index is 16.0. The molecule has 0 aliphatic rings. The van der Waals surface area contributed by atoms with Crippen LogP contribution in [0.1, 0.15) is 17.5 Å². The summed E-state index contributed by atoms with van der Waals surface area (Å²) in [4.78, 5) is 24.8. The molecule has 43 heavy (non-hydrogen) atoms. The summed E-state index contributed by atoms with van der Waals surface area (Å²) in [5.41, 5.74) is 0.794. The lowest BCUT2D eigenvalue weighted by Gasteiger charge is -2.11. The Balaban J connectivity index is 1.57. The highest BCUT2D eigenvalue weighted by molar-refractivity contribution is 7.90. The lowest BCUT2D eigenvalue weighted by molar-refractivity contribution is -0.142. The second-order valence-electron chi connectivity index (χ2n) is 9.11. The number of benzene rings is 3. The van der Waals surface area contributed by atoms with Gasteiger partial charge in [-0.25, -0.2) is 36.5 Å². The summed E-state index contributed by atoms with van der Waals surface area (Å²) in [6.07, 6.45) is 1.32. The second kappa shape index (κ2) is 12.7. The minimum atomic E-state index is -4.61. The van der Waals surface area contributed by atoms with Crippen LogP contribution in [-0.2, 0) is 31.5 Å². The van der Waals surface area contributed by atoms with Crippen LogP contribution in [0, 0.1) is 17.5 Å². The molecule has 8 nitrogen and oxygen atoms in total. The Bertz CT molecular complexity index is 1880. The van der Waals surface area contributed by atoms with E-state index in [9.17, 15) is 22.0 Å². The zero-order chi connectivity index (χ0) is 30.6. The molecule has 0 bridgehead atoms. The average Bonchev–Trinajstić information content (AvgIpc) is 3.38. The first kappa shape index (κ1) is 29.9. The van der Waals surface area contributed by atoms with Crippen molar-refractivity contribution in [1.82, 2.24) is 15.0 Å². The number of para-hydroxylation sites is 1. The third kappa shape index (κ3) is 6.73. The van der Waals surface area contributed by atoms with Gasteiger partial charge in [-0.3, -0.25) is 4.79 Å². The van der Waals surface area contributed by atoms with Crippen LogP contribution in [0.4, 0.5) is 24.8 Å². The number of aromatic nitrogens is 3. The Morgan fingerprint density at radius 1 is 0.930 bits per heavy atom. The molecule has 3 aromatic carbocycles. The third-order valence-electron chi connectivity index (χ3n) is 6.10. The van der Waals surface area contributed by atoms with E-state index < -0.39 is 43.9 Å². The monoisotopic (exact) mass is 624 g/mol. The highest BCUT2D eigenvalue weighted by atomic mass is 32.2. The van der Waals surface area contributed by atoms with Crippen LogP contribution in [0.15, 0.2) is 83.9 Å². The van der Waals surface area contributed by atoms with Gasteiger partial charge in [0.1, 0.15) is 27.4 Å². The van der Waals surface area contributed by atoms with Crippen molar-refractivity contribution < 1.29 is 31.1 Å². The molecule has 2 aromatic heterocycles. The van der Waals surface area contributed by atoms with Crippen LogP contribution in [0.2, 0.25) is 0 Å². The third-order valence-corrected chi connectivity index (χ3v) is 8.88. The average molecular weight is 625 g/mol. The molecule has 5 rings (SSSR count). The summed E-state index contributed by atoms with van der Waals surface area (Å²) in [6.45, 7) is 1.83. The number of ether oxygens (including phenoxy) is 1. The van der Waals surface area contributed by atoms with Crippen molar-refractivity contribution >= 4 is 38.8 Å². The first-order chi connectivity index (χ1) is 20.7. The van der Waals surface area contributed by atoms with Gasteiger partial charge in [0.2, 0.25) is 5.95 Å². The van der Waals surface area contributed by atoms with E-state index in [-0.39, 0.29) is 35.8 Å². The molecule has 0 spiro atoms. The van der Waals surface area contributed by atoms with Gasteiger partial charge in [0.25, 0.3) is 0 Å². The number of thiazole rings is 1. The number of nitrogens with one attached hydrogen (secondary N) is 1. The van der Waals surface area contributed by atoms with Crippen molar-refractivity contribution in [1.29, 1.82) is 0 Å². The van der Waals surface area contributed by atoms with Gasteiger partial charge in [-0.2, -0.15) is 0 Å². The molecule has 0 atom stereocenters. The van der Waals surface area contributed by atoms with E-state index >= 15 is 4.39 Å². The first-order valence-electron chi connectivity index (χ1n) is 12.9. The minimum absolute atomic E-state index is 0.0840. The molecule has 1 N–H and O–H groups in total. The number of nitrogens with zero attached hydrogens (tertiary/aromatic N) is 3. The number of hydrogen-bond acceptors (Lipinski definition) is 9. The highest BCUT2D eigenvalue weighted by Crippen LogP contribution is 2.39. The Morgan fingerprint density at radius 3 is 2.37 bits per heavy atom. The molecular formula is C30H23F3N4O4S2. The molecule has 0 unspecified atom stereocenters. The molecule has 5 aromatic rings. The van der Waals surface area contributed by atoms with E-state index in [1.165, 1.54) is 24.4 Å². The van der Waals surface area contributed by atoms with Gasteiger partial charge in [0.05, 0.1) is 35.0 Å². The predicted octanol–water partition coefficient (Wildman–Crippen LogP) is 6.51. The molecule has 0 aliphatic heterocycles. The summed E-state index contributed by atoms with van der Waals surface area (Å²) < 4.78 is 75.6. The van der Waals surface area contributed by atoms with Crippen LogP contribution < -0.4 is 5.32 Å². The number of carbonyl (C=O) groups excluding carboxylic acids is 1. The Kier molecular flexibility index (Phi) is 8.83. The molecule has 0 aliphatic carbocycles. The van der Waals surface area contributed by atoms with Gasteiger partial charge < -0.3 is 10.1 Å². The van der Waals surface area contributed by atoms with E-state index in [0.29, 0.717) is 15.6 Å². The predicted molar refractivity (Wildman–Crippen MR) is 156 cm³/mol. The van der Waals surface area contributed by atoms with Gasteiger partial charge in [-0.05, 0) is 43.3 Å². The molecule has 0 saturated heterocycles. The lowest BCUT2D eigenvalue weighted by Crippen LogP contribution is -2.11. The van der Waals surface area contributed by atoms with E-state index in [0.717, 1.165) is 35.2 Å². The van der Waals surface area contributed by atoms with Crippen LogP contribution in [-0.4, -0.2) is 35.9 Å². The number of rotatable bonds is 10. The summed E-state index contributed by atoms with van der Waals surface area (Å²) >= 11 is 1.09. The van der Waals surface area contributed by atoms with Crippen molar-refractivity contribution in [3.8, 4) is 21.8 Å². The largest absolute Gasteiger partial charge is 0.466 e. The molecule has 0 saturated carbocycles.